The smallest absolute Gasteiger partial charge is 0.0577 e. The normalized spacial score (nSPS) is 12.5. The molecule has 0 radical (unpaired) electrons. The van der Waals surface area contributed by atoms with Gasteiger partial charge in [-0.15, -0.1) is 0 Å². The van der Waals surface area contributed by atoms with E-state index in [-0.39, 0.29) is 6.04 Å². The lowest BCUT2D eigenvalue weighted by Gasteiger charge is -2.21. The summed E-state index contributed by atoms with van der Waals surface area (Å²) in [7, 11) is 2.03. The van der Waals surface area contributed by atoms with Gasteiger partial charge in [0.1, 0.15) is 0 Å². The number of rotatable bonds is 3. The average molecular weight is 275 g/mol. The van der Waals surface area contributed by atoms with Crippen LogP contribution in [0, 0.1) is 13.8 Å². The maximum absolute atomic E-state index is 3.47. The zero-order valence-corrected chi connectivity index (χ0v) is 12.9. The molecule has 1 nitrogen and oxygen atoms in total. The predicted molar refractivity (Wildman–Crippen MR) is 90.8 cm³/mol. The number of hydrogen-bond donors (Lipinski definition) is 1. The summed E-state index contributed by atoms with van der Waals surface area (Å²) in [6.45, 7) is 4.38. The third-order valence-electron chi connectivity index (χ3n) is 4.35. The summed E-state index contributed by atoms with van der Waals surface area (Å²) in [6.07, 6.45) is 0. The summed E-state index contributed by atoms with van der Waals surface area (Å²) in [4.78, 5) is 0. The molecule has 0 fully saturated rings. The highest BCUT2D eigenvalue weighted by molar-refractivity contribution is 5.83. The Bertz CT molecular complexity index is 774. The summed E-state index contributed by atoms with van der Waals surface area (Å²) in [5, 5.41) is 6.05. The fraction of sp³-hybridized carbons (Fsp3) is 0.200. The van der Waals surface area contributed by atoms with Gasteiger partial charge in [0.05, 0.1) is 6.04 Å². The van der Waals surface area contributed by atoms with Crippen LogP contribution in [0.25, 0.3) is 10.8 Å². The van der Waals surface area contributed by atoms with Gasteiger partial charge in [-0.05, 0) is 60.0 Å². The largest absolute Gasteiger partial charge is 0.309 e. The van der Waals surface area contributed by atoms with Crippen LogP contribution in [-0.2, 0) is 0 Å². The summed E-state index contributed by atoms with van der Waals surface area (Å²) in [5.41, 5.74) is 5.37. The molecule has 0 amide bonds. The highest BCUT2D eigenvalue weighted by Crippen LogP contribution is 2.28. The fourth-order valence-electron chi connectivity index (χ4n) is 2.98. The zero-order chi connectivity index (χ0) is 14.8. The molecule has 0 spiro atoms. The molecule has 3 rings (SSSR count). The maximum Gasteiger partial charge on any atom is 0.0577 e. The molecule has 0 bridgehead atoms. The van der Waals surface area contributed by atoms with Crippen molar-refractivity contribution in [1.29, 1.82) is 0 Å². The third kappa shape index (κ3) is 2.57. The van der Waals surface area contributed by atoms with E-state index in [1.165, 1.54) is 33.0 Å². The Kier molecular flexibility index (Phi) is 3.76. The van der Waals surface area contributed by atoms with Crippen molar-refractivity contribution in [2.75, 3.05) is 7.05 Å². The zero-order valence-electron chi connectivity index (χ0n) is 12.9. The molecule has 106 valence electrons. The van der Waals surface area contributed by atoms with E-state index < -0.39 is 0 Å². The topological polar surface area (TPSA) is 12.0 Å². The average Bonchev–Trinajstić information content (AvgIpc) is 2.52. The van der Waals surface area contributed by atoms with Crippen molar-refractivity contribution < 1.29 is 0 Å². The van der Waals surface area contributed by atoms with Crippen LogP contribution < -0.4 is 5.32 Å². The molecule has 0 saturated carbocycles. The summed E-state index contributed by atoms with van der Waals surface area (Å²) >= 11 is 0. The lowest BCUT2D eigenvalue weighted by Crippen LogP contribution is -2.19. The molecule has 1 heteroatoms. The standard InChI is InChI=1S/C20H21N/c1-14-7-6-10-19(15(14)2)20(21-3)18-12-11-16-8-4-5-9-17(16)13-18/h4-13,20-21H,1-3H3. The molecule has 3 aromatic carbocycles. The van der Waals surface area contributed by atoms with Crippen LogP contribution in [-0.4, -0.2) is 7.05 Å². The Morgan fingerprint density at radius 3 is 2.33 bits per heavy atom. The van der Waals surface area contributed by atoms with E-state index in [0.717, 1.165) is 0 Å². The van der Waals surface area contributed by atoms with Gasteiger partial charge in [-0.3, -0.25) is 0 Å². The minimum atomic E-state index is 0.231. The van der Waals surface area contributed by atoms with Crippen LogP contribution in [0.4, 0.5) is 0 Å². The predicted octanol–water partition coefficient (Wildman–Crippen LogP) is 4.77. The quantitative estimate of drug-likeness (QED) is 0.726. The van der Waals surface area contributed by atoms with E-state index in [9.17, 15) is 0 Å². The molecule has 1 atom stereocenters. The van der Waals surface area contributed by atoms with Crippen molar-refractivity contribution in [3.63, 3.8) is 0 Å². The molecular weight excluding hydrogens is 254 g/mol. The Morgan fingerprint density at radius 1 is 0.810 bits per heavy atom. The van der Waals surface area contributed by atoms with Gasteiger partial charge in [-0.2, -0.15) is 0 Å². The molecule has 0 aliphatic rings. The van der Waals surface area contributed by atoms with Gasteiger partial charge in [-0.1, -0.05) is 54.6 Å². The fourth-order valence-corrected chi connectivity index (χ4v) is 2.98. The molecule has 21 heavy (non-hydrogen) atoms. The number of benzene rings is 3. The first-order valence-electron chi connectivity index (χ1n) is 7.43. The summed E-state index contributed by atoms with van der Waals surface area (Å²) < 4.78 is 0. The van der Waals surface area contributed by atoms with Crippen molar-refractivity contribution in [1.82, 2.24) is 5.32 Å². The molecule has 0 heterocycles. The van der Waals surface area contributed by atoms with Crippen molar-refractivity contribution in [2.45, 2.75) is 19.9 Å². The van der Waals surface area contributed by atoms with Crippen LogP contribution >= 0.6 is 0 Å². The molecule has 1 N–H and O–H groups in total. The molecule has 1 unspecified atom stereocenters. The Labute approximate surface area is 126 Å². The summed E-state index contributed by atoms with van der Waals surface area (Å²) in [6, 6.07) is 22.0. The van der Waals surface area contributed by atoms with Crippen LogP contribution in [0.1, 0.15) is 28.3 Å². The second-order valence-corrected chi connectivity index (χ2v) is 5.62. The number of fused-ring (bicyclic) bond motifs is 1. The van der Waals surface area contributed by atoms with Crippen LogP contribution in [0.5, 0.6) is 0 Å². The number of nitrogens with one attached hydrogen (secondary N) is 1. The first-order chi connectivity index (χ1) is 10.2. The van der Waals surface area contributed by atoms with Gasteiger partial charge in [0.25, 0.3) is 0 Å². The van der Waals surface area contributed by atoms with E-state index >= 15 is 0 Å². The molecule has 3 aromatic rings. The Morgan fingerprint density at radius 2 is 1.57 bits per heavy atom. The van der Waals surface area contributed by atoms with Crippen LogP contribution in [0.15, 0.2) is 60.7 Å². The summed E-state index contributed by atoms with van der Waals surface area (Å²) in [5.74, 6) is 0. The molecule has 0 aliphatic carbocycles. The highest BCUT2D eigenvalue weighted by atomic mass is 14.9. The Hall–Kier alpha value is -2.12. The SMILES string of the molecule is CNC(c1ccc2ccccc2c1)c1cccc(C)c1C. The van der Waals surface area contributed by atoms with Gasteiger partial charge in [0.2, 0.25) is 0 Å². The lowest BCUT2D eigenvalue weighted by molar-refractivity contribution is 0.687. The monoisotopic (exact) mass is 275 g/mol. The van der Waals surface area contributed by atoms with Gasteiger partial charge in [-0.25, -0.2) is 0 Å². The minimum Gasteiger partial charge on any atom is -0.309 e. The Balaban J connectivity index is 2.11. The molecule has 0 aliphatic heterocycles. The van der Waals surface area contributed by atoms with Crippen molar-refractivity contribution >= 4 is 10.8 Å². The van der Waals surface area contributed by atoms with E-state index in [4.69, 9.17) is 0 Å². The van der Waals surface area contributed by atoms with E-state index in [2.05, 4.69) is 79.8 Å². The molecular formula is C20H21N. The van der Waals surface area contributed by atoms with Gasteiger partial charge in [0, 0.05) is 0 Å². The van der Waals surface area contributed by atoms with Crippen molar-refractivity contribution in [3.8, 4) is 0 Å². The molecule has 0 aromatic heterocycles. The van der Waals surface area contributed by atoms with Crippen molar-refractivity contribution in [2.24, 2.45) is 0 Å². The van der Waals surface area contributed by atoms with Crippen LogP contribution in [0.2, 0.25) is 0 Å². The highest BCUT2D eigenvalue weighted by Gasteiger charge is 2.15. The molecule has 0 saturated heterocycles. The van der Waals surface area contributed by atoms with Gasteiger partial charge < -0.3 is 5.32 Å². The van der Waals surface area contributed by atoms with E-state index in [0.29, 0.717) is 0 Å². The second-order valence-electron chi connectivity index (χ2n) is 5.62. The first-order valence-corrected chi connectivity index (χ1v) is 7.43. The van der Waals surface area contributed by atoms with Gasteiger partial charge >= 0.3 is 0 Å². The maximum atomic E-state index is 3.47. The van der Waals surface area contributed by atoms with Gasteiger partial charge in [0.15, 0.2) is 0 Å². The second kappa shape index (κ2) is 5.71. The van der Waals surface area contributed by atoms with E-state index in [1.807, 2.05) is 7.05 Å². The first kappa shape index (κ1) is 13.8. The number of hydrogen-bond acceptors (Lipinski definition) is 1. The third-order valence-corrected chi connectivity index (χ3v) is 4.35. The van der Waals surface area contributed by atoms with Crippen molar-refractivity contribution in [3.05, 3.63) is 82.9 Å². The number of aryl methyl sites for hydroxylation is 1. The van der Waals surface area contributed by atoms with Crippen LogP contribution in [0.3, 0.4) is 0 Å². The minimum absolute atomic E-state index is 0.231. The van der Waals surface area contributed by atoms with E-state index in [1.54, 1.807) is 0 Å². The lowest BCUT2D eigenvalue weighted by atomic mass is 9.91.